The second kappa shape index (κ2) is 11.4. The first-order chi connectivity index (χ1) is 18.6. The molecule has 1 heterocycles. The Balaban J connectivity index is 1.23. The van der Waals surface area contributed by atoms with Gasteiger partial charge in [0.05, 0.1) is 7.11 Å². The highest BCUT2D eigenvalue weighted by Crippen LogP contribution is 2.30. The lowest BCUT2D eigenvalue weighted by Crippen LogP contribution is -2.26. The first kappa shape index (κ1) is 24.7. The van der Waals surface area contributed by atoms with Crippen LogP contribution in [0.1, 0.15) is 16.7 Å². The molecule has 5 rings (SSSR count). The number of carbonyl (C=O) groups excluding carboxylic acids is 1. The summed E-state index contributed by atoms with van der Waals surface area (Å²) in [6.07, 6.45) is 4.16. The standard InChI is InChI=1S/C32H27N3O3/c1-37-31-18-22(11-13-30(31)38-21-23-10-12-24-6-2-3-7-25(24)17-23)16-27(19-33)32(36)34-15-14-26-20-35-29-9-5-4-8-28(26)29/h2-13,16-18,20,35H,14-15,21H2,1H3,(H,34,36)/b27-16-. The summed E-state index contributed by atoms with van der Waals surface area (Å²) in [4.78, 5) is 15.9. The fourth-order valence-corrected chi connectivity index (χ4v) is 4.44. The van der Waals surface area contributed by atoms with Gasteiger partial charge in [0.2, 0.25) is 0 Å². The van der Waals surface area contributed by atoms with Crippen LogP contribution in [0.2, 0.25) is 0 Å². The van der Waals surface area contributed by atoms with E-state index >= 15 is 0 Å². The third-order valence-corrected chi connectivity index (χ3v) is 6.43. The van der Waals surface area contributed by atoms with Crippen LogP contribution in [-0.4, -0.2) is 24.5 Å². The second-order valence-electron chi connectivity index (χ2n) is 8.92. The van der Waals surface area contributed by atoms with Crippen LogP contribution in [-0.2, 0) is 17.8 Å². The van der Waals surface area contributed by atoms with E-state index in [1.54, 1.807) is 31.4 Å². The van der Waals surface area contributed by atoms with Crippen molar-refractivity contribution in [2.75, 3.05) is 13.7 Å². The van der Waals surface area contributed by atoms with Crippen LogP contribution < -0.4 is 14.8 Å². The van der Waals surface area contributed by atoms with E-state index in [4.69, 9.17) is 9.47 Å². The van der Waals surface area contributed by atoms with Gasteiger partial charge in [-0.1, -0.05) is 60.7 Å². The number of nitrogens with zero attached hydrogens (tertiary/aromatic N) is 1. The zero-order valence-corrected chi connectivity index (χ0v) is 21.0. The topological polar surface area (TPSA) is 87.1 Å². The molecule has 4 aromatic carbocycles. The van der Waals surface area contributed by atoms with Crippen molar-refractivity contribution < 1.29 is 14.3 Å². The molecule has 0 aliphatic heterocycles. The summed E-state index contributed by atoms with van der Waals surface area (Å²) < 4.78 is 11.5. The van der Waals surface area contributed by atoms with Crippen molar-refractivity contribution >= 4 is 33.7 Å². The Labute approximate surface area is 221 Å². The third kappa shape index (κ3) is 5.53. The number of amides is 1. The van der Waals surface area contributed by atoms with Crippen molar-refractivity contribution in [2.45, 2.75) is 13.0 Å². The summed E-state index contributed by atoms with van der Waals surface area (Å²) in [5.41, 5.74) is 3.92. The molecule has 6 heteroatoms. The molecule has 0 aliphatic carbocycles. The highest BCUT2D eigenvalue weighted by atomic mass is 16.5. The molecule has 5 aromatic rings. The molecule has 188 valence electrons. The van der Waals surface area contributed by atoms with E-state index in [0.29, 0.717) is 36.6 Å². The van der Waals surface area contributed by atoms with Crippen LogP contribution in [0.15, 0.2) is 96.7 Å². The Morgan fingerprint density at radius 1 is 0.974 bits per heavy atom. The Morgan fingerprint density at radius 2 is 1.79 bits per heavy atom. The number of hydrogen-bond acceptors (Lipinski definition) is 4. The van der Waals surface area contributed by atoms with Crippen LogP contribution in [0.25, 0.3) is 27.8 Å². The minimum absolute atomic E-state index is 0.0239. The number of rotatable bonds is 9. The summed E-state index contributed by atoms with van der Waals surface area (Å²) in [7, 11) is 1.56. The second-order valence-corrected chi connectivity index (χ2v) is 8.92. The molecule has 0 aliphatic rings. The SMILES string of the molecule is COc1cc(/C=C(/C#N)C(=O)NCCc2c[nH]c3ccccc23)ccc1OCc1ccc2ccccc2c1. The molecule has 1 amide bonds. The van der Waals surface area contributed by atoms with Crippen molar-refractivity contribution in [2.24, 2.45) is 0 Å². The first-order valence-electron chi connectivity index (χ1n) is 12.4. The Hall–Kier alpha value is -5.02. The highest BCUT2D eigenvalue weighted by Gasteiger charge is 2.12. The number of nitriles is 1. The molecule has 2 N–H and O–H groups in total. The smallest absolute Gasteiger partial charge is 0.261 e. The molecule has 0 radical (unpaired) electrons. The van der Waals surface area contributed by atoms with E-state index in [2.05, 4.69) is 34.6 Å². The molecule has 0 fully saturated rings. The maximum absolute atomic E-state index is 12.7. The van der Waals surface area contributed by atoms with Gasteiger partial charge in [-0.05, 0) is 64.2 Å². The number of benzene rings is 4. The van der Waals surface area contributed by atoms with Crippen LogP contribution in [0.3, 0.4) is 0 Å². The van der Waals surface area contributed by atoms with Crippen molar-refractivity contribution in [3.63, 3.8) is 0 Å². The number of H-pyrrole nitrogens is 1. The number of nitrogens with one attached hydrogen (secondary N) is 2. The van der Waals surface area contributed by atoms with Crippen molar-refractivity contribution in [3.8, 4) is 17.6 Å². The Morgan fingerprint density at radius 3 is 2.63 bits per heavy atom. The van der Waals surface area contributed by atoms with Crippen LogP contribution in [0.4, 0.5) is 0 Å². The molecule has 0 spiro atoms. The van der Waals surface area contributed by atoms with Gasteiger partial charge in [-0.15, -0.1) is 0 Å². The summed E-state index contributed by atoms with van der Waals surface area (Å²) >= 11 is 0. The predicted molar refractivity (Wildman–Crippen MR) is 150 cm³/mol. The number of ether oxygens (including phenoxy) is 2. The zero-order valence-electron chi connectivity index (χ0n) is 21.0. The highest BCUT2D eigenvalue weighted by molar-refractivity contribution is 6.01. The number of hydrogen-bond donors (Lipinski definition) is 2. The maximum Gasteiger partial charge on any atom is 0.261 e. The van der Waals surface area contributed by atoms with E-state index < -0.39 is 5.91 Å². The van der Waals surface area contributed by atoms with Crippen LogP contribution in [0.5, 0.6) is 11.5 Å². The lowest BCUT2D eigenvalue weighted by Gasteiger charge is -2.12. The average Bonchev–Trinajstić information content (AvgIpc) is 3.37. The fraction of sp³-hybridized carbons (Fsp3) is 0.125. The molecule has 0 saturated carbocycles. The number of aromatic nitrogens is 1. The van der Waals surface area contributed by atoms with Gasteiger partial charge in [-0.25, -0.2) is 0 Å². The molecule has 0 saturated heterocycles. The molecular weight excluding hydrogens is 474 g/mol. The Kier molecular flexibility index (Phi) is 7.37. The van der Waals surface area contributed by atoms with Gasteiger partial charge < -0.3 is 19.8 Å². The lowest BCUT2D eigenvalue weighted by molar-refractivity contribution is -0.117. The molecule has 6 nitrogen and oxygen atoms in total. The number of aromatic amines is 1. The van der Waals surface area contributed by atoms with Gasteiger partial charge in [0.1, 0.15) is 18.2 Å². The van der Waals surface area contributed by atoms with Gasteiger partial charge >= 0.3 is 0 Å². The molecule has 0 atom stereocenters. The average molecular weight is 502 g/mol. The molecule has 0 bridgehead atoms. The van der Waals surface area contributed by atoms with Crippen molar-refractivity contribution in [1.29, 1.82) is 5.26 Å². The van der Waals surface area contributed by atoms with Crippen LogP contribution in [0, 0.1) is 11.3 Å². The lowest BCUT2D eigenvalue weighted by atomic mass is 10.1. The van der Waals surface area contributed by atoms with Crippen LogP contribution >= 0.6 is 0 Å². The number of methoxy groups -OCH3 is 1. The van der Waals surface area contributed by atoms with Gasteiger partial charge in [0.25, 0.3) is 5.91 Å². The van der Waals surface area contributed by atoms with E-state index in [1.807, 2.05) is 54.7 Å². The molecule has 0 unspecified atom stereocenters. The number of carbonyl (C=O) groups is 1. The molecule has 38 heavy (non-hydrogen) atoms. The number of para-hydroxylation sites is 1. The van der Waals surface area contributed by atoms with Crippen molar-refractivity contribution in [3.05, 3.63) is 113 Å². The van der Waals surface area contributed by atoms with Gasteiger partial charge in [-0.2, -0.15) is 5.26 Å². The van der Waals surface area contributed by atoms with Crippen molar-refractivity contribution in [1.82, 2.24) is 10.3 Å². The summed E-state index contributed by atoms with van der Waals surface area (Å²) in [5, 5.41) is 15.9. The van der Waals surface area contributed by atoms with E-state index in [1.165, 1.54) is 5.39 Å². The Bertz CT molecular complexity index is 1680. The van der Waals surface area contributed by atoms with Gasteiger partial charge in [0, 0.05) is 23.6 Å². The van der Waals surface area contributed by atoms with E-state index in [0.717, 1.165) is 27.4 Å². The maximum atomic E-state index is 12.7. The largest absolute Gasteiger partial charge is 0.493 e. The minimum atomic E-state index is -0.414. The fourth-order valence-electron chi connectivity index (χ4n) is 4.44. The van der Waals surface area contributed by atoms with E-state index in [-0.39, 0.29) is 5.57 Å². The molecule has 1 aromatic heterocycles. The van der Waals surface area contributed by atoms with Gasteiger partial charge in [0.15, 0.2) is 11.5 Å². The third-order valence-electron chi connectivity index (χ3n) is 6.43. The number of fused-ring (bicyclic) bond motifs is 2. The first-order valence-corrected chi connectivity index (χ1v) is 12.4. The minimum Gasteiger partial charge on any atom is -0.493 e. The normalized spacial score (nSPS) is 11.3. The quantitative estimate of drug-likeness (QED) is 0.187. The summed E-state index contributed by atoms with van der Waals surface area (Å²) in [6, 6.07) is 29.8. The van der Waals surface area contributed by atoms with E-state index in [9.17, 15) is 10.1 Å². The summed E-state index contributed by atoms with van der Waals surface area (Å²) in [5.74, 6) is 0.694. The predicted octanol–water partition coefficient (Wildman–Crippen LogP) is 6.17. The zero-order chi connectivity index (χ0) is 26.3. The molecular formula is C32H27N3O3. The van der Waals surface area contributed by atoms with Gasteiger partial charge in [-0.3, -0.25) is 4.79 Å². The monoisotopic (exact) mass is 501 g/mol. The summed E-state index contributed by atoms with van der Waals surface area (Å²) in [6.45, 7) is 0.809.